The van der Waals surface area contributed by atoms with Gasteiger partial charge >= 0.3 is 0 Å². The van der Waals surface area contributed by atoms with E-state index in [-0.39, 0.29) is 5.91 Å². The summed E-state index contributed by atoms with van der Waals surface area (Å²) < 4.78 is 0. The van der Waals surface area contributed by atoms with Gasteiger partial charge in [0.15, 0.2) is 11.5 Å². The molecule has 0 saturated carbocycles. The number of carbonyl (C=O) groups excluding carboxylic acids is 1. The zero-order valence-electron chi connectivity index (χ0n) is 13.6. The van der Waals surface area contributed by atoms with Gasteiger partial charge in [-0.25, -0.2) is 0 Å². The fourth-order valence-electron chi connectivity index (χ4n) is 2.15. The van der Waals surface area contributed by atoms with Gasteiger partial charge in [0, 0.05) is 18.8 Å². The van der Waals surface area contributed by atoms with E-state index in [1.165, 1.54) is 11.1 Å². The number of rotatable bonds is 5. The summed E-state index contributed by atoms with van der Waals surface area (Å²) in [5.41, 5.74) is 3.79. The summed E-state index contributed by atoms with van der Waals surface area (Å²) in [6.45, 7) is 9.37. The number of benzene rings is 1. The van der Waals surface area contributed by atoms with Gasteiger partial charge in [-0.05, 0) is 63.1 Å². The van der Waals surface area contributed by atoms with Crippen molar-refractivity contribution in [2.75, 3.05) is 18.4 Å². The molecule has 0 aliphatic carbocycles. The lowest BCUT2D eigenvalue weighted by Gasteiger charge is -2.17. The maximum Gasteiger partial charge on any atom is 0.274 e. The van der Waals surface area contributed by atoms with Crippen molar-refractivity contribution in [1.29, 1.82) is 0 Å². The Morgan fingerprint density at radius 2 is 1.77 bits per heavy atom. The van der Waals surface area contributed by atoms with E-state index in [4.69, 9.17) is 0 Å². The van der Waals surface area contributed by atoms with Crippen LogP contribution in [0.1, 0.15) is 35.5 Å². The van der Waals surface area contributed by atoms with Gasteiger partial charge in [0.25, 0.3) is 5.91 Å². The quantitative estimate of drug-likeness (QED) is 0.920. The second-order valence-corrected chi connectivity index (χ2v) is 5.21. The summed E-state index contributed by atoms with van der Waals surface area (Å²) >= 11 is 0. The monoisotopic (exact) mass is 298 g/mol. The molecule has 2 rings (SSSR count). The van der Waals surface area contributed by atoms with Crippen LogP contribution in [-0.4, -0.2) is 34.1 Å². The zero-order valence-corrected chi connectivity index (χ0v) is 13.6. The molecular weight excluding hydrogens is 276 g/mol. The molecule has 0 radical (unpaired) electrons. The molecule has 116 valence electrons. The number of aryl methyl sites for hydroxylation is 2. The summed E-state index contributed by atoms with van der Waals surface area (Å²) in [5.74, 6) is 0.537. The average Bonchev–Trinajstić information content (AvgIpc) is 2.53. The average molecular weight is 298 g/mol. The van der Waals surface area contributed by atoms with Crippen LogP contribution >= 0.6 is 0 Å². The van der Waals surface area contributed by atoms with Crippen molar-refractivity contribution >= 4 is 17.4 Å². The van der Waals surface area contributed by atoms with E-state index in [0.29, 0.717) is 24.6 Å². The lowest BCUT2D eigenvalue weighted by molar-refractivity contribution is 0.0766. The number of anilines is 2. The molecule has 22 heavy (non-hydrogen) atoms. The molecule has 1 aromatic carbocycles. The Labute approximate surface area is 131 Å². The predicted octanol–water partition coefficient (Wildman–Crippen LogP) is 3.32. The summed E-state index contributed by atoms with van der Waals surface area (Å²) in [5, 5.41) is 11.3. The van der Waals surface area contributed by atoms with Gasteiger partial charge in [0.2, 0.25) is 0 Å². The van der Waals surface area contributed by atoms with Crippen LogP contribution in [0.2, 0.25) is 0 Å². The maximum atomic E-state index is 12.2. The van der Waals surface area contributed by atoms with E-state index < -0.39 is 0 Å². The molecule has 1 heterocycles. The highest BCUT2D eigenvalue weighted by atomic mass is 16.2. The lowest BCUT2D eigenvalue weighted by Crippen LogP contribution is -2.31. The van der Waals surface area contributed by atoms with Crippen LogP contribution in [-0.2, 0) is 0 Å². The minimum absolute atomic E-state index is 0.0877. The predicted molar refractivity (Wildman–Crippen MR) is 88.5 cm³/mol. The highest BCUT2D eigenvalue weighted by Crippen LogP contribution is 2.18. The van der Waals surface area contributed by atoms with Crippen molar-refractivity contribution in [2.24, 2.45) is 0 Å². The number of amides is 1. The first-order valence-electron chi connectivity index (χ1n) is 7.52. The van der Waals surface area contributed by atoms with Gasteiger partial charge in [0.05, 0.1) is 0 Å². The number of aromatic nitrogens is 2. The van der Waals surface area contributed by atoms with Crippen LogP contribution in [0.4, 0.5) is 11.5 Å². The van der Waals surface area contributed by atoms with Crippen molar-refractivity contribution in [3.63, 3.8) is 0 Å². The van der Waals surface area contributed by atoms with Gasteiger partial charge in [-0.15, -0.1) is 10.2 Å². The molecule has 0 spiro atoms. The lowest BCUT2D eigenvalue weighted by atomic mass is 10.1. The van der Waals surface area contributed by atoms with Crippen LogP contribution in [0.25, 0.3) is 0 Å². The highest BCUT2D eigenvalue weighted by molar-refractivity contribution is 5.92. The molecule has 0 aliphatic rings. The van der Waals surface area contributed by atoms with Gasteiger partial charge in [-0.2, -0.15) is 0 Å². The van der Waals surface area contributed by atoms with E-state index in [2.05, 4.69) is 41.5 Å². The van der Waals surface area contributed by atoms with Crippen LogP contribution in [0.3, 0.4) is 0 Å². The Bertz CT molecular complexity index is 648. The number of hydrogen-bond donors (Lipinski definition) is 1. The minimum Gasteiger partial charge on any atom is -0.339 e. The molecule has 2 aromatic rings. The van der Waals surface area contributed by atoms with Crippen molar-refractivity contribution in [3.8, 4) is 0 Å². The Balaban J connectivity index is 2.11. The molecule has 1 amide bonds. The summed E-state index contributed by atoms with van der Waals surface area (Å²) in [6, 6.07) is 9.60. The van der Waals surface area contributed by atoms with Gasteiger partial charge in [-0.3, -0.25) is 4.79 Å². The Morgan fingerprint density at radius 1 is 1.05 bits per heavy atom. The third-order valence-corrected chi connectivity index (χ3v) is 3.71. The maximum absolute atomic E-state index is 12.2. The van der Waals surface area contributed by atoms with Crippen LogP contribution < -0.4 is 5.32 Å². The third kappa shape index (κ3) is 3.61. The first kappa shape index (κ1) is 15.9. The SMILES string of the molecule is CCN(CC)C(=O)c1ccc(Nc2ccc(C)c(C)c2)nn1. The zero-order chi connectivity index (χ0) is 16.1. The van der Waals surface area contributed by atoms with Crippen molar-refractivity contribution < 1.29 is 4.79 Å². The van der Waals surface area contributed by atoms with E-state index in [9.17, 15) is 4.79 Å². The second kappa shape index (κ2) is 7.02. The molecule has 0 aliphatic heterocycles. The molecule has 0 bridgehead atoms. The molecule has 5 heteroatoms. The van der Waals surface area contributed by atoms with Crippen molar-refractivity contribution in [3.05, 3.63) is 47.2 Å². The highest BCUT2D eigenvalue weighted by Gasteiger charge is 2.14. The largest absolute Gasteiger partial charge is 0.339 e. The molecule has 1 aromatic heterocycles. The summed E-state index contributed by atoms with van der Waals surface area (Å²) in [7, 11) is 0. The topological polar surface area (TPSA) is 58.1 Å². The van der Waals surface area contributed by atoms with Crippen LogP contribution in [0, 0.1) is 13.8 Å². The molecule has 0 fully saturated rings. The molecule has 0 unspecified atom stereocenters. The van der Waals surface area contributed by atoms with E-state index in [1.54, 1.807) is 17.0 Å². The van der Waals surface area contributed by atoms with E-state index in [0.717, 1.165) is 5.69 Å². The normalized spacial score (nSPS) is 10.4. The standard InChI is InChI=1S/C17H22N4O/c1-5-21(6-2)17(22)15-9-10-16(20-19-15)18-14-8-7-12(3)13(4)11-14/h7-11H,5-6H2,1-4H3,(H,18,20). The first-order chi connectivity index (χ1) is 10.5. The van der Waals surface area contributed by atoms with Crippen LogP contribution in [0.15, 0.2) is 30.3 Å². The number of nitrogens with one attached hydrogen (secondary N) is 1. The van der Waals surface area contributed by atoms with Crippen molar-refractivity contribution in [1.82, 2.24) is 15.1 Å². The molecule has 0 saturated heterocycles. The van der Waals surface area contributed by atoms with Gasteiger partial charge in [-0.1, -0.05) is 6.07 Å². The Hall–Kier alpha value is -2.43. The van der Waals surface area contributed by atoms with Crippen LogP contribution in [0.5, 0.6) is 0 Å². The second-order valence-electron chi connectivity index (χ2n) is 5.21. The molecule has 0 atom stereocenters. The fourth-order valence-corrected chi connectivity index (χ4v) is 2.15. The first-order valence-corrected chi connectivity index (χ1v) is 7.52. The van der Waals surface area contributed by atoms with E-state index >= 15 is 0 Å². The number of nitrogens with zero attached hydrogens (tertiary/aromatic N) is 3. The molecule has 1 N–H and O–H groups in total. The fraction of sp³-hybridized carbons (Fsp3) is 0.353. The van der Waals surface area contributed by atoms with Crippen molar-refractivity contribution in [2.45, 2.75) is 27.7 Å². The van der Waals surface area contributed by atoms with Gasteiger partial charge < -0.3 is 10.2 Å². The smallest absolute Gasteiger partial charge is 0.274 e. The Morgan fingerprint density at radius 3 is 2.32 bits per heavy atom. The molecule has 5 nitrogen and oxygen atoms in total. The van der Waals surface area contributed by atoms with E-state index in [1.807, 2.05) is 19.9 Å². The Kier molecular flexibility index (Phi) is 5.09. The van der Waals surface area contributed by atoms with Gasteiger partial charge in [0.1, 0.15) is 0 Å². The summed E-state index contributed by atoms with van der Waals surface area (Å²) in [4.78, 5) is 13.9. The third-order valence-electron chi connectivity index (χ3n) is 3.71. The molecular formula is C17H22N4O. The number of hydrogen-bond acceptors (Lipinski definition) is 4. The summed E-state index contributed by atoms with van der Waals surface area (Å²) in [6.07, 6.45) is 0. The minimum atomic E-state index is -0.0877. The number of carbonyl (C=O) groups is 1.